The molecule has 2 aliphatic rings. The van der Waals surface area contributed by atoms with Gasteiger partial charge in [0.2, 0.25) is 0 Å². The van der Waals surface area contributed by atoms with E-state index in [2.05, 4.69) is 13.8 Å². The lowest BCUT2D eigenvalue weighted by molar-refractivity contribution is -0.0461. The van der Waals surface area contributed by atoms with Crippen LogP contribution in [0.2, 0.25) is 0 Å². The van der Waals surface area contributed by atoms with Gasteiger partial charge in [-0.15, -0.1) is 0 Å². The number of halogens is 1. The average Bonchev–Trinajstić information content (AvgIpc) is 1.99. The van der Waals surface area contributed by atoms with Crippen LogP contribution in [0.25, 0.3) is 0 Å². The van der Waals surface area contributed by atoms with Crippen molar-refractivity contribution in [3.05, 3.63) is 0 Å². The molecule has 0 saturated heterocycles. The zero-order valence-electron chi connectivity index (χ0n) is 9.30. The Morgan fingerprint density at radius 3 is 2.00 bits per heavy atom. The van der Waals surface area contributed by atoms with E-state index in [1.807, 2.05) is 0 Å². The Balaban J connectivity index is 1.97. The molecule has 0 heterocycles. The largest absolute Gasteiger partial charge is 0.327 e. The fourth-order valence-electron chi connectivity index (χ4n) is 3.51. The Kier molecular flexibility index (Phi) is 2.59. The smallest absolute Gasteiger partial charge is 0.116 e. The van der Waals surface area contributed by atoms with Crippen LogP contribution < -0.4 is 5.73 Å². The summed E-state index contributed by atoms with van der Waals surface area (Å²) in [5.41, 5.74) is 4.79. The minimum absolute atomic E-state index is 0.132. The van der Waals surface area contributed by atoms with Gasteiger partial charge in [-0.25, -0.2) is 4.39 Å². The Labute approximate surface area is 86.2 Å². The van der Waals surface area contributed by atoms with Crippen molar-refractivity contribution in [1.29, 1.82) is 0 Å². The maximum Gasteiger partial charge on any atom is 0.116 e. The van der Waals surface area contributed by atoms with Crippen LogP contribution in [0.4, 0.5) is 4.39 Å². The number of hydrogen-bond acceptors (Lipinski definition) is 1. The summed E-state index contributed by atoms with van der Waals surface area (Å²) in [6, 6.07) is 0.132. The minimum atomic E-state index is -0.900. The van der Waals surface area contributed by atoms with Gasteiger partial charge in [-0.05, 0) is 49.9 Å². The molecule has 0 spiro atoms. The summed E-state index contributed by atoms with van der Waals surface area (Å²) in [7, 11) is 0. The molecule has 0 aromatic rings. The highest BCUT2D eigenvalue weighted by atomic mass is 19.1. The molecule has 0 amide bonds. The summed E-state index contributed by atoms with van der Waals surface area (Å²) < 4.78 is 14.3. The van der Waals surface area contributed by atoms with Crippen molar-refractivity contribution in [2.24, 2.45) is 23.5 Å². The summed E-state index contributed by atoms with van der Waals surface area (Å²) in [6.45, 7) is 4.51. The molecule has 0 aliphatic heterocycles. The average molecular weight is 199 g/mol. The van der Waals surface area contributed by atoms with Crippen molar-refractivity contribution < 1.29 is 4.39 Å². The third-order valence-electron chi connectivity index (χ3n) is 4.11. The topological polar surface area (TPSA) is 26.0 Å². The van der Waals surface area contributed by atoms with E-state index in [1.54, 1.807) is 0 Å². The van der Waals surface area contributed by atoms with E-state index >= 15 is 0 Å². The molecule has 2 N–H and O–H groups in total. The molecular formula is C12H22FN. The van der Waals surface area contributed by atoms with Crippen molar-refractivity contribution in [2.45, 2.75) is 57.7 Å². The fraction of sp³-hybridized carbons (Fsp3) is 1.00. The van der Waals surface area contributed by atoms with E-state index in [0.717, 1.165) is 12.8 Å². The molecular weight excluding hydrogens is 177 g/mol. The van der Waals surface area contributed by atoms with Crippen LogP contribution >= 0.6 is 0 Å². The molecule has 1 nitrogen and oxygen atoms in total. The molecule has 2 heteroatoms. The van der Waals surface area contributed by atoms with E-state index in [-0.39, 0.29) is 6.04 Å². The zero-order chi connectivity index (χ0) is 10.3. The number of nitrogens with two attached hydrogens (primary N) is 1. The standard InChI is InChI=1S/C12H22FN/c1-8-3-9(2)5-10(4-8)12(13)6-11(14)7-12/h8-11H,3-7,14H2,1-2H3. The maximum absolute atomic E-state index is 14.3. The first-order valence-corrected chi connectivity index (χ1v) is 5.94. The van der Waals surface area contributed by atoms with Crippen LogP contribution in [0.3, 0.4) is 0 Å². The van der Waals surface area contributed by atoms with Gasteiger partial charge >= 0.3 is 0 Å². The molecule has 0 radical (unpaired) electrons. The lowest BCUT2D eigenvalue weighted by Gasteiger charge is -2.48. The molecule has 2 aliphatic carbocycles. The second-order valence-electron chi connectivity index (χ2n) is 5.82. The summed E-state index contributed by atoms with van der Waals surface area (Å²) >= 11 is 0. The first-order chi connectivity index (χ1) is 6.49. The molecule has 2 rings (SSSR count). The molecule has 2 atom stereocenters. The summed E-state index contributed by atoms with van der Waals surface area (Å²) in [6.07, 6.45) is 4.65. The van der Waals surface area contributed by atoms with Crippen molar-refractivity contribution in [3.8, 4) is 0 Å². The Morgan fingerprint density at radius 2 is 1.57 bits per heavy atom. The van der Waals surface area contributed by atoms with Gasteiger partial charge < -0.3 is 5.73 Å². The molecule has 0 aromatic carbocycles. The van der Waals surface area contributed by atoms with Gasteiger partial charge in [0.25, 0.3) is 0 Å². The van der Waals surface area contributed by atoms with Gasteiger partial charge in [-0.3, -0.25) is 0 Å². The fourth-order valence-corrected chi connectivity index (χ4v) is 3.51. The van der Waals surface area contributed by atoms with Gasteiger partial charge in [0.15, 0.2) is 0 Å². The second-order valence-corrected chi connectivity index (χ2v) is 5.82. The Bertz CT molecular complexity index is 200. The highest BCUT2D eigenvalue weighted by molar-refractivity contribution is 5.03. The van der Waals surface area contributed by atoms with Crippen molar-refractivity contribution in [3.63, 3.8) is 0 Å². The molecule has 82 valence electrons. The molecule has 0 bridgehead atoms. The quantitative estimate of drug-likeness (QED) is 0.690. The first-order valence-electron chi connectivity index (χ1n) is 5.94. The van der Waals surface area contributed by atoms with Crippen molar-refractivity contribution in [1.82, 2.24) is 0 Å². The molecule has 2 unspecified atom stereocenters. The van der Waals surface area contributed by atoms with Gasteiger partial charge in [0.1, 0.15) is 5.67 Å². The van der Waals surface area contributed by atoms with E-state index in [9.17, 15) is 4.39 Å². The minimum Gasteiger partial charge on any atom is -0.327 e. The predicted octanol–water partition coefficient (Wildman–Crippen LogP) is 2.89. The monoisotopic (exact) mass is 199 g/mol. The maximum atomic E-state index is 14.3. The Hall–Kier alpha value is -0.110. The van der Waals surface area contributed by atoms with E-state index in [1.165, 1.54) is 6.42 Å². The summed E-state index contributed by atoms with van der Waals surface area (Å²) in [5.74, 6) is 1.70. The van der Waals surface area contributed by atoms with Crippen molar-refractivity contribution >= 4 is 0 Å². The molecule has 14 heavy (non-hydrogen) atoms. The first kappa shape index (κ1) is 10.4. The van der Waals surface area contributed by atoms with Crippen LogP contribution in [0, 0.1) is 17.8 Å². The summed E-state index contributed by atoms with van der Waals surface area (Å²) in [4.78, 5) is 0. The SMILES string of the molecule is CC1CC(C)CC(C2(F)CC(N)C2)C1. The third kappa shape index (κ3) is 1.81. The lowest BCUT2D eigenvalue weighted by atomic mass is 9.62. The molecule has 2 fully saturated rings. The third-order valence-corrected chi connectivity index (χ3v) is 4.11. The van der Waals surface area contributed by atoms with Crippen LogP contribution in [-0.2, 0) is 0 Å². The van der Waals surface area contributed by atoms with Crippen molar-refractivity contribution in [2.75, 3.05) is 0 Å². The number of alkyl halides is 1. The Morgan fingerprint density at radius 1 is 1.07 bits per heavy atom. The van der Waals surface area contributed by atoms with E-state index in [4.69, 9.17) is 5.73 Å². The van der Waals surface area contributed by atoms with Crippen LogP contribution in [0.5, 0.6) is 0 Å². The molecule has 0 aromatic heterocycles. The van der Waals surface area contributed by atoms with Gasteiger partial charge in [0, 0.05) is 6.04 Å². The van der Waals surface area contributed by atoms with Crippen LogP contribution in [0.1, 0.15) is 46.0 Å². The van der Waals surface area contributed by atoms with E-state index in [0.29, 0.717) is 30.6 Å². The van der Waals surface area contributed by atoms with E-state index < -0.39 is 5.67 Å². The predicted molar refractivity (Wildman–Crippen MR) is 56.7 cm³/mol. The van der Waals surface area contributed by atoms with Gasteiger partial charge in [-0.1, -0.05) is 13.8 Å². The van der Waals surface area contributed by atoms with Crippen LogP contribution in [-0.4, -0.2) is 11.7 Å². The lowest BCUT2D eigenvalue weighted by Crippen LogP contribution is -2.54. The highest BCUT2D eigenvalue weighted by Crippen LogP contribution is 2.49. The normalized spacial score (nSPS) is 54.0. The highest BCUT2D eigenvalue weighted by Gasteiger charge is 2.50. The zero-order valence-corrected chi connectivity index (χ0v) is 9.30. The van der Waals surface area contributed by atoms with Gasteiger partial charge in [-0.2, -0.15) is 0 Å². The molecule has 2 saturated carbocycles. The number of rotatable bonds is 1. The summed E-state index contributed by atoms with van der Waals surface area (Å²) in [5, 5.41) is 0. The van der Waals surface area contributed by atoms with Crippen LogP contribution in [0.15, 0.2) is 0 Å². The second kappa shape index (κ2) is 3.48. The van der Waals surface area contributed by atoms with Gasteiger partial charge in [0.05, 0.1) is 0 Å². The number of hydrogen-bond donors (Lipinski definition) is 1.